The van der Waals surface area contributed by atoms with Gasteiger partial charge in [-0.1, -0.05) is 0 Å². The van der Waals surface area contributed by atoms with Gasteiger partial charge in [0.05, 0.1) is 6.54 Å². The molecule has 0 saturated carbocycles. The molecule has 2 rings (SSSR count). The van der Waals surface area contributed by atoms with Crippen molar-refractivity contribution in [2.24, 2.45) is 5.73 Å². The summed E-state index contributed by atoms with van der Waals surface area (Å²) in [5, 5.41) is 3.01. The summed E-state index contributed by atoms with van der Waals surface area (Å²) in [5.74, 6) is 0.717. The van der Waals surface area contributed by atoms with Crippen molar-refractivity contribution in [1.29, 1.82) is 0 Å². The Bertz CT molecular complexity index is 351. The Morgan fingerprint density at radius 3 is 3.23 bits per heavy atom. The van der Waals surface area contributed by atoms with Crippen LogP contribution in [0.15, 0.2) is 12.1 Å². The summed E-state index contributed by atoms with van der Waals surface area (Å²) in [5.41, 5.74) is 5.32. The third-order valence-electron chi connectivity index (χ3n) is 1.76. The fourth-order valence-electron chi connectivity index (χ4n) is 1.16. The maximum atomic E-state index is 10.8. The second kappa shape index (κ2) is 2.93. The number of carbonyl (C=O) groups excluding carboxylic acids is 1. The van der Waals surface area contributed by atoms with Crippen LogP contribution in [0, 0.1) is 0 Å². The smallest absolute Gasteiger partial charge is 0.267 e. The van der Waals surface area contributed by atoms with Crippen LogP contribution < -0.4 is 15.8 Å². The van der Waals surface area contributed by atoms with E-state index < -0.39 is 5.91 Å². The van der Waals surface area contributed by atoms with Gasteiger partial charge >= 0.3 is 0 Å². The maximum Gasteiger partial charge on any atom is 0.267 e. The Morgan fingerprint density at radius 1 is 1.62 bits per heavy atom. The lowest BCUT2D eigenvalue weighted by atomic mass is 10.3. The Labute approximate surface area is 74.9 Å². The van der Waals surface area contributed by atoms with E-state index in [1.165, 1.54) is 0 Å². The zero-order chi connectivity index (χ0) is 9.26. The zero-order valence-electron chi connectivity index (χ0n) is 6.91. The molecular formula is C8H9N3O2. The Morgan fingerprint density at radius 2 is 2.46 bits per heavy atom. The number of hydrogen-bond acceptors (Lipinski definition) is 4. The SMILES string of the molecule is NC(=O)c1ccc2c(n1)NCCO2. The van der Waals surface area contributed by atoms with Gasteiger partial charge in [-0.15, -0.1) is 0 Å². The van der Waals surface area contributed by atoms with Gasteiger partial charge in [0.15, 0.2) is 11.6 Å². The number of nitrogens with zero attached hydrogens (tertiary/aromatic N) is 1. The third-order valence-corrected chi connectivity index (χ3v) is 1.76. The van der Waals surface area contributed by atoms with E-state index in [-0.39, 0.29) is 5.69 Å². The highest BCUT2D eigenvalue weighted by Gasteiger charge is 2.12. The molecule has 1 aromatic heterocycles. The minimum Gasteiger partial charge on any atom is -0.488 e. The van der Waals surface area contributed by atoms with Crippen LogP contribution >= 0.6 is 0 Å². The van der Waals surface area contributed by atoms with E-state index in [1.54, 1.807) is 12.1 Å². The summed E-state index contributed by atoms with van der Waals surface area (Å²) in [6.07, 6.45) is 0. The van der Waals surface area contributed by atoms with Crippen LogP contribution in [0.25, 0.3) is 0 Å². The lowest BCUT2D eigenvalue weighted by Crippen LogP contribution is -2.21. The van der Waals surface area contributed by atoms with E-state index in [1.807, 2.05) is 0 Å². The fourth-order valence-corrected chi connectivity index (χ4v) is 1.16. The Kier molecular flexibility index (Phi) is 1.77. The molecule has 0 radical (unpaired) electrons. The number of hydrogen-bond donors (Lipinski definition) is 2. The van der Waals surface area contributed by atoms with Crippen LogP contribution in [0.3, 0.4) is 0 Å². The predicted octanol–water partition coefficient (Wildman–Crippen LogP) is -0.0152. The van der Waals surface area contributed by atoms with Gasteiger partial charge in [0.2, 0.25) is 0 Å². The molecule has 68 valence electrons. The first-order valence-electron chi connectivity index (χ1n) is 3.95. The number of fused-ring (bicyclic) bond motifs is 1. The van der Waals surface area contributed by atoms with E-state index in [4.69, 9.17) is 10.5 Å². The largest absolute Gasteiger partial charge is 0.488 e. The molecular weight excluding hydrogens is 170 g/mol. The average Bonchev–Trinajstić information content (AvgIpc) is 2.17. The molecule has 0 spiro atoms. The number of ether oxygens (including phenoxy) is 1. The number of amides is 1. The van der Waals surface area contributed by atoms with Crippen molar-refractivity contribution in [3.63, 3.8) is 0 Å². The van der Waals surface area contributed by atoms with Gasteiger partial charge in [-0.2, -0.15) is 0 Å². The van der Waals surface area contributed by atoms with Gasteiger partial charge in [-0.25, -0.2) is 4.98 Å². The van der Waals surface area contributed by atoms with Crippen LogP contribution in [0.2, 0.25) is 0 Å². The molecule has 1 amide bonds. The molecule has 0 atom stereocenters. The monoisotopic (exact) mass is 179 g/mol. The second-order valence-electron chi connectivity index (χ2n) is 2.68. The summed E-state index contributed by atoms with van der Waals surface area (Å²) in [6.45, 7) is 1.31. The summed E-state index contributed by atoms with van der Waals surface area (Å²) in [6, 6.07) is 3.24. The number of pyridine rings is 1. The standard InChI is InChI=1S/C8H9N3O2/c9-7(12)5-1-2-6-8(11-5)10-3-4-13-6/h1-2H,3-4H2,(H2,9,12)(H,10,11). The number of carbonyl (C=O) groups is 1. The van der Waals surface area contributed by atoms with Gasteiger partial charge < -0.3 is 15.8 Å². The van der Waals surface area contributed by atoms with E-state index in [2.05, 4.69) is 10.3 Å². The number of rotatable bonds is 1. The Hall–Kier alpha value is -1.78. The summed E-state index contributed by atoms with van der Waals surface area (Å²) < 4.78 is 5.28. The van der Waals surface area contributed by atoms with Crippen molar-refractivity contribution in [2.75, 3.05) is 18.5 Å². The highest BCUT2D eigenvalue weighted by Crippen LogP contribution is 2.24. The molecule has 0 aromatic carbocycles. The van der Waals surface area contributed by atoms with Crippen LogP contribution in [-0.2, 0) is 0 Å². The molecule has 0 aliphatic carbocycles. The number of nitrogens with one attached hydrogen (secondary N) is 1. The topological polar surface area (TPSA) is 77.2 Å². The van der Waals surface area contributed by atoms with Crippen molar-refractivity contribution < 1.29 is 9.53 Å². The quantitative estimate of drug-likeness (QED) is 0.635. The minimum atomic E-state index is -0.532. The minimum absolute atomic E-state index is 0.247. The molecule has 2 heterocycles. The first kappa shape index (κ1) is 7.85. The van der Waals surface area contributed by atoms with Crippen molar-refractivity contribution in [2.45, 2.75) is 0 Å². The molecule has 5 heteroatoms. The number of anilines is 1. The van der Waals surface area contributed by atoms with Crippen molar-refractivity contribution in [1.82, 2.24) is 4.98 Å². The molecule has 0 fully saturated rings. The van der Waals surface area contributed by atoms with E-state index in [0.717, 1.165) is 0 Å². The molecule has 13 heavy (non-hydrogen) atoms. The molecule has 0 saturated heterocycles. The highest BCUT2D eigenvalue weighted by atomic mass is 16.5. The molecule has 1 aromatic rings. The predicted molar refractivity (Wildman–Crippen MR) is 46.7 cm³/mol. The molecule has 3 N–H and O–H groups in total. The van der Waals surface area contributed by atoms with E-state index >= 15 is 0 Å². The summed E-state index contributed by atoms with van der Waals surface area (Å²) in [7, 11) is 0. The normalized spacial score (nSPS) is 13.8. The molecule has 1 aliphatic heterocycles. The number of nitrogens with two attached hydrogens (primary N) is 1. The molecule has 0 unspecified atom stereocenters. The summed E-state index contributed by atoms with van der Waals surface area (Å²) in [4.78, 5) is 14.8. The lowest BCUT2D eigenvalue weighted by Gasteiger charge is -2.17. The number of primary amides is 1. The van der Waals surface area contributed by atoms with Crippen LogP contribution in [0.1, 0.15) is 10.5 Å². The van der Waals surface area contributed by atoms with Crippen molar-refractivity contribution in [3.8, 4) is 5.75 Å². The van der Waals surface area contributed by atoms with Crippen molar-refractivity contribution in [3.05, 3.63) is 17.8 Å². The first-order chi connectivity index (χ1) is 6.27. The van der Waals surface area contributed by atoms with Crippen LogP contribution in [0.4, 0.5) is 5.82 Å². The average molecular weight is 179 g/mol. The lowest BCUT2D eigenvalue weighted by molar-refractivity contribution is 0.0995. The molecule has 0 bridgehead atoms. The van der Waals surface area contributed by atoms with Gasteiger partial charge in [0.1, 0.15) is 12.3 Å². The summed E-state index contributed by atoms with van der Waals surface area (Å²) >= 11 is 0. The fraction of sp³-hybridized carbons (Fsp3) is 0.250. The van der Waals surface area contributed by atoms with Crippen LogP contribution in [-0.4, -0.2) is 24.0 Å². The second-order valence-corrected chi connectivity index (χ2v) is 2.68. The Balaban J connectivity index is 2.40. The van der Waals surface area contributed by atoms with Gasteiger partial charge in [0.25, 0.3) is 5.91 Å². The third kappa shape index (κ3) is 1.40. The van der Waals surface area contributed by atoms with Gasteiger partial charge in [-0.05, 0) is 12.1 Å². The molecule has 5 nitrogen and oxygen atoms in total. The van der Waals surface area contributed by atoms with Crippen molar-refractivity contribution >= 4 is 11.7 Å². The van der Waals surface area contributed by atoms with Gasteiger partial charge in [-0.3, -0.25) is 4.79 Å². The van der Waals surface area contributed by atoms with Gasteiger partial charge in [0, 0.05) is 0 Å². The van der Waals surface area contributed by atoms with E-state index in [9.17, 15) is 4.79 Å². The van der Waals surface area contributed by atoms with Crippen LogP contribution in [0.5, 0.6) is 5.75 Å². The maximum absolute atomic E-state index is 10.8. The van der Waals surface area contributed by atoms with E-state index in [0.29, 0.717) is 24.7 Å². The molecule has 1 aliphatic rings. The zero-order valence-corrected chi connectivity index (χ0v) is 6.91. The number of aromatic nitrogens is 1. The highest BCUT2D eigenvalue weighted by molar-refractivity contribution is 5.91. The first-order valence-corrected chi connectivity index (χ1v) is 3.95.